The molecule has 2 unspecified atom stereocenters. The molecule has 1 aromatic carbocycles. The summed E-state index contributed by atoms with van der Waals surface area (Å²) in [6, 6.07) is 0.798. The number of carbonyl (C=O) groups is 5. The second-order valence-corrected chi connectivity index (χ2v) is 12.2. The van der Waals surface area contributed by atoms with E-state index < -0.39 is 64.4 Å². The van der Waals surface area contributed by atoms with Crippen LogP contribution in [0.25, 0.3) is 0 Å². The van der Waals surface area contributed by atoms with Gasteiger partial charge in [0.05, 0.1) is 24.6 Å². The molecule has 0 bridgehead atoms. The molecule has 0 radical (unpaired) electrons. The first-order valence-electron chi connectivity index (χ1n) is 14.4. The van der Waals surface area contributed by atoms with E-state index in [4.69, 9.17) is 10.5 Å². The first kappa shape index (κ1) is 29.3. The molecule has 41 heavy (non-hydrogen) atoms. The third kappa shape index (κ3) is 4.31. The zero-order valence-electron chi connectivity index (χ0n) is 24.0. The molecule has 0 aliphatic heterocycles. The molecule has 4 aliphatic carbocycles. The smallest absolute Gasteiger partial charge is 0.235 e. The van der Waals surface area contributed by atoms with Crippen LogP contribution in [0.4, 0.5) is 0 Å². The Hall–Kier alpha value is -3.15. The van der Waals surface area contributed by atoms with Crippen molar-refractivity contribution in [1.82, 2.24) is 9.80 Å². The minimum atomic E-state index is -2.74. The molecule has 1 aromatic rings. The van der Waals surface area contributed by atoms with Crippen LogP contribution in [0, 0.1) is 23.7 Å². The molecule has 3 saturated carbocycles. The van der Waals surface area contributed by atoms with Gasteiger partial charge in [0, 0.05) is 29.6 Å². The summed E-state index contributed by atoms with van der Waals surface area (Å²) in [6.07, 6.45) is 4.72. The van der Waals surface area contributed by atoms with Crippen LogP contribution in [0.1, 0.15) is 60.5 Å². The monoisotopic (exact) mass is 569 g/mol. The molecule has 4 N–H and O–H groups in total. The Morgan fingerprint density at radius 1 is 1.15 bits per heavy atom. The van der Waals surface area contributed by atoms with Crippen LogP contribution in [-0.2, 0) is 32.1 Å². The summed E-state index contributed by atoms with van der Waals surface area (Å²) < 4.78 is 5.83. The molecule has 3 fully saturated rings. The van der Waals surface area contributed by atoms with Crippen LogP contribution in [0.3, 0.4) is 0 Å². The van der Waals surface area contributed by atoms with Gasteiger partial charge in [0.1, 0.15) is 11.5 Å². The second-order valence-electron chi connectivity index (χ2n) is 12.2. The molecule has 0 spiro atoms. The average Bonchev–Trinajstić information content (AvgIpc) is 3.44. The third-order valence-corrected chi connectivity index (χ3v) is 9.91. The average molecular weight is 570 g/mol. The van der Waals surface area contributed by atoms with E-state index in [-0.39, 0.29) is 24.2 Å². The summed E-state index contributed by atoms with van der Waals surface area (Å²) in [7, 11) is 4.63. The van der Waals surface area contributed by atoms with Crippen molar-refractivity contribution in [2.24, 2.45) is 29.4 Å². The van der Waals surface area contributed by atoms with E-state index in [1.165, 1.54) is 30.9 Å². The Morgan fingerprint density at radius 3 is 2.37 bits per heavy atom. The number of nitrogens with zero attached hydrogens (tertiary/aromatic N) is 2. The van der Waals surface area contributed by atoms with E-state index in [0.29, 0.717) is 23.9 Å². The number of ketones is 4. The van der Waals surface area contributed by atoms with E-state index in [1.807, 2.05) is 0 Å². The summed E-state index contributed by atoms with van der Waals surface area (Å²) in [5, 5.41) is 22.8. The number of rotatable bonds is 7. The normalized spacial score (nSPS) is 31.8. The summed E-state index contributed by atoms with van der Waals surface area (Å²) in [4.78, 5) is 70.5. The highest BCUT2D eigenvalue weighted by Gasteiger charge is 2.69. The number of primary amides is 1. The van der Waals surface area contributed by atoms with Crippen LogP contribution in [0.2, 0.25) is 0 Å². The number of Topliss-reactive ketones (excluding diaryl/α,β-unsaturated/α-hetero) is 4. The maximum Gasteiger partial charge on any atom is 0.235 e. The van der Waals surface area contributed by atoms with Gasteiger partial charge >= 0.3 is 0 Å². The number of hydrogen-bond acceptors (Lipinski definition) is 10. The first-order chi connectivity index (χ1) is 19.4. The Labute approximate surface area is 239 Å². The molecule has 11 nitrogen and oxygen atoms in total. The van der Waals surface area contributed by atoms with Crippen LogP contribution < -0.4 is 10.5 Å². The molecule has 0 aromatic heterocycles. The van der Waals surface area contributed by atoms with E-state index in [1.54, 1.807) is 14.1 Å². The number of phenols is 1. The molecule has 1 amide bonds. The highest BCUT2D eigenvalue weighted by molar-refractivity contribution is 6.32. The summed E-state index contributed by atoms with van der Waals surface area (Å²) in [6.45, 7) is 3.42. The molecule has 5 rings (SSSR count). The standard InChI is InChI=1S/C30H39N3O8/c1-5-33(16-8-6-7-9-16)13-15-12-19(34)21-17(26(15)41-4)10-14-11-18-23(32(2)3)25(36)22(29(31)39)28(38)30(18,40)27(37)20(14)24(21)35/h12,14,16,18,20,22-23,34,40H,5-11,13H2,1-4H3,(H2,31,39)/t14-,18-,20?,22?,23-,30-/m0/s1. The number of methoxy groups -OCH3 is 1. The number of aliphatic hydroxyl groups is 1. The quantitative estimate of drug-likeness (QED) is 0.397. The Morgan fingerprint density at radius 2 is 1.80 bits per heavy atom. The van der Waals surface area contributed by atoms with Crippen molar-refractivity contribution in [3.63, 3.8) is 0 Å². The predicted molar refractivity (Wildman–Crippen MR) is 146 cm³/mol. The van der Waals surface area contributed by atoms with Gasteiger partial charge in [-0.05, 0) is 58.3 Å². The van der Waals surface area contributed by atoms with E-state index in [0.717, 1.165) is 24.9 Å². The number of ether oxygens (including phenoxy) is 1. The highest BCUT2D eigenvalue weighted by atomic mass is 16.5. The zero-order valence-corrected chi connectivity index (χ0v) is 24.0. The van der Waals surface area contributed by atoms with Gasteiger partial charge in [-0.15, -0.1) is 0 Å². The van der Waals surface area contributed by atoms with Crippen LogP contribution in [-0.4, -0.2) is 94.5 Å². The lowest BCUT2D eigenvalue weighted by molar-refractivity contribution is -0.181. The predicted octanol–water partition coefficient (Wildman–Crippen LogP) is 0.640. The molecular formula is C30H39N3O8. The fourth-order valence-electron chi connectivity index (χ4n) is 8.08. The highest BCUT2D eigenvalue weighted by Crippen LogP contribution is 2.52. The van der Waals surface area contributed by atoms with Crippen molar-refractivity contribution in [3.8, 4) is 11.5 Å². The Kier molecular flexibility index (Phi) is 7.59. The molecule has 0 saturated heterocycles. The second kappa shape index (κ2) is 10.6. The molecule has 4 aliphatic rings. The largest absolute Gasteiger partial charge is 0.507 e. The van der Waals surface area contributed by atoms with Crippen molar-refractivity contribution in [3.05, 3.63) is 22.8 Å². The number of phenolic OH excluding ortho intramolecular Hbond substituents is 1. The number of carbonyl (C=O) groups excluding carboxylic acids is 5. The maximum absolute atomic E-state index is 14.0. The summed E-state index contributed by atoms with van der Waals surface area (Å²) >= 11 is 0. The molecule has 6 atom stereocenters. The third-order valence-electron chi connectivity index (χ3n) is 9.91. The summed E-state index contributed by atoms with van der Waals surface area (Å²) in [5.74, 6) is -10.1. The lowest BCUT2D eigenvalue weighted by Gasteiger charge is -2.52. The summed E-state index contributed by atoms with van der Waals surface area (Å²) in [5.41, 5.74) is 3.80. The topological polar surface area (TPSA) is 168 Å². The molecule has 222 valence electrons. The number of fused-ring (bicyclic) bond motifs is 3. The first-order valence-corrected chi connectivity index (χ1v) is 14.4. The van der Waals surface area contributed by atoms with E-state index in [9.17, 15) is 34.2 Å². The van der Waals surface area contributed by atoms with Gasteiger partial charge in [0.15, 0.2) is 34.7 Å². The van der Waals surface area contributed by atoms with Gasteiger partial charge in [-0.25, -0.2) is 0 Å². The molecule has 0 heterocycles. The van der Waals surface area contributed by atoms with Gasteiger partial charge in [0.25, 0.3) is 0 Å². The van der Waals surface area contributed by atoms with Gasteiger partial charge in [-0.3, -0.25) is 33.8 Å². The number of hydrogen-bond donors (Lipinski definition) is 3. The van der Waals surface area contributed by atoms with E-state index >= 15 is 0 Å². The van der Waals surface area contributed by atoms with Crippen LogP contribution in [0.5, 0.6) is 11.5 Å². The number of benzene rings is 1. The SMILES string of the molecule is CCN(Cc1cc(O)c2c(c1OC)C[C@H]1C[C@H]3[C@H](N(C)C)C(=O)C(C(N)=O)C(=O)[C@@]3(O)C(=O)C1C2=O)C1CCCC1. The fourth-order valence-corrected chi connectivity index (χ4v) is 8.08. The van der Waals surface area contributed by atoms with Crippen molar-refractivity contribution in [1.29, 1.82) is 0 Å². The fraction of sp³-hybridized carbons (Fsp3) is 0.633. The van der Waals surface area contributed by atoms with Crippen molar-refractivity contribution in [2.75, 3.05) is 27.7 Å². The van der Waals surface area contributed by atoms with Gasteiger partial charge in [0.2, 0.25) is 5.91 Å². The molecular weight excluding hydrogens is 530 g/mol. The lowest BCUT2D eigenvalue weighted by atomic mass is 9.52. The van der Waals surface area contributed by atoms with Gasteiger partial charge < -0.3 is 20.7 Å². The maximum atomic E-state index is 14.0. The van der Waals surface area contributed by atoms with Crippen LogP contribution in [0.15, 0.2) is 6.07 Å². The van der Waals surface area contributed by atoms with Gasteiger partial charge in [-0.1, -0.05) is 19.8 Å². The van der Waals surface area contributed by atoms with Crippen molar-refractivity contribution < 1.29 is 38.9 Å². The van der Waals surface area contributed by atoms with E-state index in [2.05, 4.69) is 11.8 Å². The number of amides is 1. The van der Waals surface area contributed by atoms with Crippen LogP contribution >= 0.6 is 0 Å². The Bertz CT molecular complexity index is 1320. The number of likely N-dealkylation sites (N-methyl/N-ethyl adjacent to an activating group) is 1. The zero-order chi connectivity index (χ0) is 30.0. The van der Waals surface area contributed by atoms with Crippen molar-refractivity contribution >= 4 is 29.0 Å². The minimum Gasteiger partial charge on any atom is -0.507 e. The number of nitrogens with two attached hydrogens (primary N) is 1. The van der Waals surface area contributed by atoms with Crippen molar-refractivity contribution in [2.45, 2.75) is 69.7 Å². The lowest BCUT2D eigenvalue weighted by Crippen LogP contribution is -2.74. The van der Waals surface area contributed by atoms with Gasteiger partial charge in [-0.2, -0.15) is 0 Å². The minimum absolute atomic E-state index is 0.00119. The molecule has 11 heteroatoms. The number of aromatic hydroxyl groups is 1. The Balaban J connectivity index is 1.58.